The van der Waals surface area contributed by atoms with Gasteiger partial charge in [0.05, 0.1) is 163 Å². The molecule has 2 aliphatic heterocycles. The number of aliphatic carboxylic acids is 1. The van der Waals surface area contributed by atoms with Crippen LogP contribution in [0.4, 0.5) is 17.2 Å². The number of carboxylic acids is 1. The topological polar surface area (TPSA) is 275 Å². The number of hydrogen-bond donors (Lipinski definition) is 4. The van der Waals surface area contributed by atoms with Crippen LogP contribution < -0.4 is 21.3 Å². The van der Waals surface area contributed by atoms with E-state index in [4.69, 9.17) is 63.0 Å². The van der Waals surface area contributed by atoms with E-state index in [1.165, 1.54) is 5.06 Å². The number of pyridine rings is 1. The molecule has 0 bridgehead atoms. The summed E-state index contributed by atoms with van der Waals surface area (Å²) in [6, 6.07) is 8.78. The maximum Gasteiger partial charge on any atom is 0.305 e. The minimum absolute atomic E-state index is 0.0132. The molecule has 0 radical (unpaired) electrons. The molecule has 0 unspecified atom stereocenters. The molecule has 78 heavy (non-hydrogen) atoms. The summed E-state index contributed by atoms with van der Waals surface area (Å²) < 4.78 is 54.7. The Kier molecular flexibility index (Phi) is 34.2. The van der Waals surface area contributed by atoms with Gasteiger partial charge in [-0.25, -0.2) is 15.0 Å². The minimum atomic E-state index is -0.882. The summed E-state index contributed by atoms with van der Waals surface area (Å²) in [6.45, 7) is 16.9. The lowest BCUT2D eigenvalue weighted by atomic mass is 9.96. The van der Waals surface area contributed by atoms with E-state index in [0.29, 0.717) is 206 Å². The summed E-state index contributed by atoms with van der Waals surface area (Å²) in [6.07, 6.45) is 5.69. The Morgan fingerprint density at radius 3 is 1.71 bits per heavy atom. The number of carboxylic acid groups (broad SMARTS) is 1. The van der Waals surface area contributed by atoms with Crippen molar-refractivity contribution in [2.24, 2.45) is 16.6 Å². The first kappa shape index (κ1) is 65.3. The minimum Gasteiger partial charge on any atom is -0.481 e. The molecule has 1 fully saturated rings. The van der Waals surface area contributed by atoms with Gasteiger partial charge in [0.2, 0.25) is 5.91 Å². The summed E-state index contributed by atoms with van der Waals surface area (Å²) >= 11 is 0. The third-order valence-electron chi connectivity index (χ3n) is 11.9. The average Bonchev–Trinajstić information content (AvgIpc) is 3.63. The normalized spacial score (nSPS) is 13.7. The van der Waals surface area contributed by atoms with Crippen LogP contribution in [0, 0.1) is 5.92 Å². The fraction of sp³-hybridized carbons (Fsp3) is 0.667. The number of piperidine rings is 1. The monoisotopic (exact) mass is 1100 g/mol. The Hall–Kier alpha value is -5.22. The van der Waals surface area contributed by atoms with Gasteiger partial charge in [0.15, 0.2) is 0 Å². The van der Waals surface area contributed by atoms with Crippen molar-refractivity contribution in [1.29, 1.82) is 0 Å². The van der Waals surface area contributed by atoms with Crippen molar-refractivity contribution in [1.82, 2.24) is 20.3 Å². The number of nitrogens with two attached hydrogens (primary N) is 1. The van der Waals surface area contributed by atoms with Gasteiger partial charge in [-0.2, -0.15) is 0 Å². The van der Waals surface area contributed by atoms with E-state index in [1.807, 2.05) is 33.0 Å². The Bertz CT molecular complexity index is 2050. The van der Waals surface area contributed by atoms with Gasteiger partial charge in [0, 0.05) is 68.3 Å². The lowest BCUT2D eigenvalue weighted by molar-refractivity contribution is -0.180. The summed E-state index contributed by atoms with van der Waals surface area (Å²) in [5.74, 6) is -0.441. The molecule has 24 heteroatoms. The van der Waals surface area contributed by atoms with Gasteiger partial charge >= 0.3 is 5.97 Å². The second kappa shape index (κ2) is 40.9. The van der Waals surface area contributed by atoms with Crippen molar-refractivity contribution in [3.63, 3.8) is 0 Å². The molecule has 24 nitrogen and oxygen atoms in total. The third kappa shape index (κ3) is 28.1. The molecular weight excluding hydrogens is 1020 g/mol. The number of carbonyl (C=O) groups is 4. The van der Waals surface area contributed by atoms with Crippen molar-refractivity contribution < 1.29 is 76.5 Å². The fourth-order valence-corrected chi connectivity index (χ4v) is 7.72. The lowest BCUT2D eigenvalue weighted by Crippen LogP contribution is -2.42. The molecule has 1 aromatic heterocycles. The van der Waals surface area contributed by atoms with Crippen LogP contribution in [0.3, 0.4) is 0 Å². The molecule has 0 saturated carbocycles. The van der Waals surface area contributed by atoms with E-state index < -0.39 is 5.97 Å². The van der Waals surface area contributed by atoms with Gasteiger partial charge in [0.1, 0.15) is 11.7 Å². The van der Waals surface area contributed by atoms with Crippen molar-refractivity contribution in [2.45, 2.75) is 46.0 Å². The zero-order valence-electron chi connectivity index (χ0n) is 46.1. The number of nitrogens with zero attached hydrogens (tertiary/aromatic N) is 5. The van der Waals surface area contributed by atoms with Crippen LogP contribution in [0.15, 0.2) is 47.1 Å². The maximum atomic E-state index is 13.3. The first-order valence-corrected chi connectivity index (χ1v) is 27.2. The second-order valence-electron chi connectivity index (χ2n) is 18.0. The number of ether oxygens (including phenoxy) is 10. The number of benzene rings is 1. The number of likely N-dealkylation sites (N-methyl/N-ethyl adjacent to an activating group) is 1. The average molecular weight is 1100 g/mol. The molecule has 0 spiro atoms. The highest BCUT2D eigenvalue weighted by Crippen LogP contribution is 2.29. The van der Waals surface area contributed by atoms with Gasteiger partial charge in [-0.3, -0.25) is 24.0 Å². The van der Waals surface area contributed by atoms with Crippen LogP contribution in [0.1, 0.15) is 61.9 Å². The van der Waals surface area contributed by atoms with Crippen LogP contribution in [0.25, 0.3) is 6.08 Å². The SMILES string of the molecule is CCCN(OCC)C(=O)C1=Cc2ccc(C(=O)Nc3ccc(N4CCC(C(=O)NCCN(C)CCOCCOCCOCCOCCOCCOCCOCCOCCOCCOCCC(=O)O)CC4)nc3)cc2N=C(N)C1. The van der Waals surface area contributed by atoms with Gasteiger partial charge in [0.25, 0.3) is 11.8 Å². The number of rotatable bonds is 45. The lowest BCUT2D eigenvalue weighted by Gasteiger charge is -2.32. The number of amides is 3. The van der Waals surface area contributed by atoms with E-state index in [0.717, 1.165) is 18.8 Å². The fourth-order valence-electron chi connectivity index (χ4n) is 7.72. The van der Waals surface area contributed by atoms with Crippen LogP contribution >= 0.6 is 0 Å². The van der Waals surface area contributed by atoms with Crippen LogP contribution in [0.5, 0.6) is 0 Å². The molecule has 0 atom stereocenters. The summed E-state index contributed by atoms with van der Waals surface area (Å²) in [4.78, 5) is 68.9. The Labute approximate surface area is 459 Å². The van der Waals surface area contributed by atoms with Crippen molar-refractivity contribution >= 4 is 52.8 Å². The summed E-state index contributed by atoms with van der Waals surface area (Å²) in [5, 5.41) is 15.9. The smallest absolute Gasteiger partial charge is 0.305 e. The predicted molar refractivity (Wildman–Crippen MR) is 292 cm³/mol. The summed E-state index contributed by atoms with van der Waals surface area (Å²) in [5.41, 5.74) is 8.77. The molecule has 3 amide bonds. The number of carbonyl (C=O) groups excluding carboxylic acids is 3. The van der Waals surface area contributed by atoms with Crippen molar-refractivity contribution in [2.75, 3.05) is 195 Å². The van der Waals surface area contributed by atoms with E-state index in [2.05, 4.69) is 30.4 Å². The summed E-state index contributed by atoms with van der Waals surface area (Å²) in [7, 11) is 2.00. The molecule has 3 heterocycles. The number of amidine groups is 1. The maximum absolute atomic E-state index is 13.3. The highest BCUT2D eigenvalue weighted by atomic mass is 16.7. The van der Waals surface area contributed by atoms with Crippen LogP contribution in [-0.4, -0.2) is 235 Å². The molecule has 1 aromatic carbocycles. The quantitative estimate of drug-likeness (QED) is 0.0548. The van der Waals surface area contributed by atoms with Crippen LogP contribution in [0.2, 0.25) is 0 Å². The molecule has 0 aliphatic carbocycles. The number of hydrogen-bond acceptors (Lipinski definition) is 20. The molecular formula is C54H86N8O16. The zero-order chi connectivity index (χ0) is 55.8. The van der Waals surface area contributed by atoms with E-state index in [1.54, 1.807) is 30.5 Å². The Balaban J connectivity index is 0.907. The molecule has 4 rings (SSSR count). The van der Waals surface area contributed by atoms with Gasteiger partial charge in [-0.15, -0.1) is 0 Å². The predicted octanol–water partition coefficient (Wildman–Crippen LogP) is 3.20. The Morgan fingerprint density at radius 2 is 1.22 bits per heavy atom. The first-order chi connectivity index (χ1) is 38.1. The molecule has 5 N–H and O–H groups in total. The number of nitrogens with one attached hydrogen (secondary N) is 2. The van der Waals surface area contributed by atoms with Gasteiger partial charge in [-0.1, -0.05) is 13.0 Å². The molecule has 438 valence electrons. The van der Waals surface area contributed by atoms with E-state index >= 15 is 0 Å². The van der Waals surface area contributed by atoms with Gasteiger partial charge in [-0.05, 0) is 63.6 Å². The molecule has 2 aliphatic rings. The number of fused-ring (bicyclic) bond motifs is 1. The molecule has 1 saturated heterocycles. The second-order valence-corrected chi connectivity index (χ2v) is 18.0. The molecule has 2 aromatic rings. The van der Waals surface area contributed by atoms with Crippen molar-refractivity contribution in [3.8, 4) is 0 Å². The Morgan fingerprint density at radius 1 is 0.692 bits per heavy atom. The number of aromatic nitrogens is 1. The van der Waals surface area contributed by atoms with Crippen molar-refractivity contribution in [3.05, 3.63) is 53.2 Å². The van der Waals surface area contributed by atoms with E-state index in [9.17, 15) is 19.2 Å². The highest BCUT2D eigenvalue weighted by molar-refractivity contribution is 6.07. The van der Waals surface area contributed by atoms with E-state index in [-0.39, 0.29) is 48.9 Å². The third-order valence-corrected chi connectivity index (χ3v) is 11.9. The van der Waals surface area contributed by atoms with Gasteiger partial charge < -0.3 is 78.6 Å². The largest absolute Gasteiger partial charge is 0.481 e. The van der Waals surface area contributed by atoms with Crippen LogP contribution in [-0.2, 0) is 66.6 Å². The number of hydroxylamine groups is 2. The first-order valence-electron chi connectivity index (χ1n) is 27.2. The zero-order valence-corrected chi connectivity index (χ0v) is 46.1. The highest BCUT2D eigenvalue weighted by Gasteiger charge is 2.26. The number of aliphatic imine (C=N–C) groups is 1. The standard InChI is InChI=1S/C54H86N8O16/c1-4-14-62(78-5-2)54(67)46-39-44-6-7-45(40-48(44)59-49(55)41-46)53(66)58-47-8-9-50(57-42-47)61-15-10-43(11-16-61)52(65)56-13-17-60(3)18-20-69-22-24-71-26-28-73-30-32-75-34-36-77-38-37-76-35-33-74-31-29-72-27-25-70-23-21-68-19-12-51(63)64/h6-9,39-40,42-43H,4-5,10-38,41H2,1-3H3,(H2,55,59)(H,56,65)(H,58,66)(H,63,64). The number of anilines is 2.